The summed E-state index contributed by atoms with van der Waals surface area (Å²) >= 11 is 0. The molecule has 0 atom stereocenters. The maximum Gasteiger partial charge on any atom is 0.280 e. The molecule has 0 fully saturated rings. The predicted octanol–water partition coefficient (Wildman–Crippen LogP) is 3.09. The average Bonchev–Trinajstić information content (AvgIpc) is 2.94. The molecule has 152 valence electrons. The predicted molar refractivity (Wildman–Crippen MR) is 115 cm³/mol. The number of aliphatic imine (C=N–C) groups is 1. The molecule has 0 aliphatic rings. The fourth-order valence-electron chi connectivity index (χ4n) is 2.99. The van der Waals surface area contributed by atoms with Crippen LogP contribution in [0.25, 0.3) is 5.69 Å². The first-order valence-corrected chi connectivity index (χ1v) is 10.5. The van der Waals surface area contributed by atoms with Crippen molar-refractivity contribution in [1.29, 1.82) is 0 Å². The largest absolute Gasteiger partial charge is 0.295 e. The highest BCUT2D eigenvalue weighted by molar-refractivity contribution is 7.89. The van der Waals surface area contributed by atoms with Gasteiger partial charge in [0.1, 0.15) is 0 Å². The Morgan fingerprint density at radius 3 is 2.28 bits per heavy atom. The van der Waals surface area contributed by atoms with Gasteiger partial charge in [0.2, 0.25) is 10.0 Å². The Bertz CT molecular complexity index is 1230. The zero-order chi connectivity index (χ0) is 21.3. The third kappa shape index (κ3) is 4.08. The van der Waals surface area contributed by atoms with Crippen LogP contribution in [0.5, 0.6) is 0 Å². The Morgan fingerprint density at radius 1 is 1.03 bits per heavy atom. The van der Waals surface area contributed by atoms with Gasteiger partial charge in [0.25, 0.3) is 5.56 Å². The van der Waals surface area contributed by atoms with E-state index < -0.39 is 10.0 Å². The molecule has 0 radical (unpaired) electrons. The number of hydrogen-bond donors (Lipinski definition) is 1. The van der Waals surface area contributed by atoms with Crippen LogP contribution >= 0.6 is 0 Å². The van der Waals surface area contributed by atoms with E-state index in [1.807, 2.05) is 39.0 Å². The molecule has 7 nitrogen and oxygen atoms in total. The Labute approximate surface area is 170 Å². The summed E-state index contributed by atoms with van der Waals surface area (Å²) in [6.45, 7) is 5.78. The molecule has 0 aliphatic heterocycles. The van der Waals surface area contributed by atoms with E-state index in [4.69, 9.17) is 0 Å². The van der Waals surface area contributed by atoms with E-state index in [0.717, 1.165) is 21.1 Å². The Balaban J connectivity index is 1.92. The zero-order valence-electron chi connectivity index (χ0n) is 17.1. The second-order valence-electron chi connectivity index (χ2n) is 7.12. The van der Waals surface area contributed by atoms with Crippen LogP contribution in [-0.4, -0.2) is 42.8 Å². The number of aryl methyl sites for hydroxylation is 3. The van der Waals surface area contributed by atoms with E-state index in [9.17, 15) is 13.2 Å². The highest BCUT2D eigenvalue weighted by Crippen LogP contribution is 2.19. The van der Waals surface area contributed by atoms with E-state index in [1.165, 1.54) is 37.1 Å². The lowest BCUT2D eigenvalue weighted by atomic mass is 10.1. The number of sulfonamides is 1. The molecule has 2 aromatic carbocycles. The molecule has 0 saturated carbocycles. The zero-order valence-corrected chi connectivity index (χ0v) is 17.9. The van der Waals surface area contributed by atoms with Crippen molar-refractivity contribution >= 4 is 21.9 Å². The van der Waals surface area contributed by atoms with Crippen LogP contribution in [0.3, 0.4) is 0 Å². The summed E-state index contributed by atoms with van der Waals surface area (Å²) in [4.78, 5) is 17.4. The minimum atomic E-state index is -3.49. The van der Waals surface area contributed by atoms with Crippen molar-refractivity contribution in [3.63, 3.8) is 0 Å². The quantitative estimate of drug-likeness (QED) is 0.653. The Morgan fingerprint density at radius 2 is 1.69 bits per heavy atom. The fraction of sp³-hybridized carbons (Fsp3) is 0.238. The molecule has 0 bridgehead atoms. The first kappa shape index (κ1) is 20.8. The van der Waals surface area contributed by atoms with E-state index in [-0.39, 0.29) is 10.5 Å². The molecule has 0 spiro atoms. The Kier molecular flexibility index (Phi) is 5.59. The lowest BCUT2D eigenvalue weighted by molar-refractivity contribution is 0.521. The first-order valence-electron chi connectivity index (χ1n) is 9.07. The van der Waals surface area contributed by atoms with Crippen molar-refractivity contribution < 1.29 is 8.42 Å². The third-order valence-electron chi connectivity index (χ3n) is 4.67. The van der Waals surface area contributed by atoms with Crippen molar-refractivity contribution in [3.8, 4) is 5.69 Å². The maximum atomic E-state index is 12.9. The van der Waals surface area contributed by atoms with Crippen LogP contribution in [0.2, 0.25) is 0 Å². The summed E-state index contributed by atoms with van der Waals surface area (Å²) in [7, 11) is -0.520. The SMILES string of the molecule is Cc1ccc(-n2[nH]c(C)c(C=Nc3ccc(S(=O)(=O)N(C)C)cc3)c2=O)c(C)c1. The molecule has 0 aliphatic carbocycles. The van der Waals surface area contributed by atoms with Crippen molar-refractivity contribution in [2.75, 3.05) is 14.1 Å². The summed E-state index contributed by atoms with van der Waals surface area (Å²) in [5, 5.41) is 3.10. The van der Waals surface area contributed by atoms with Crippen molar-refractivity contribution in [2.45, 2.75) is 25.7 Å². The van der Waals surface area contributed by atoms with Crippen molar-refractivity contribution in [3.05, 3.63) is 75.2 Å². The topological polar surface area (TPSA) is 87.5 Å². The number of aromatic amines is 1. The van der Waals surface area contributed by atoms with E-state index >= 15 is 0 Å². The Hall–Kier alpha value is -2.97. The minimum Gasteiger partial charge on any atom is -0.295 e. The van der Waals surface area contributed by atoms with Gasteiger partial charge in [0.15, 0.2) is 0 Å². The monoisotopic (exact) mass is 412 g/mol. The summed E-state index contributed by atoms with van der Waals surface area (Å²) in [6.07, 6.45) is 1.50. The highest BCUT2D eigenvalue weighted by atomic mass is 32.2. The number of nitrogens with one attached hydrogen (secondary N) is 1. The summed E-state index contributed by atoms with van der Waals surface area (Å²) in [5.74, 6) is 0. The fourth-order valence-corrected chi connectivity index (χ4v) is 3.89. The van der Waals surface area contributed by atoms with E-state index in [1.54, 1.807) is 12.1 Å². The average molecular weight is 413 g/mol. The molecule has 0 unspecified atom stereocenters. The van der Waals surface area contributed by atoms with Gasteiger partial charge in [0.05, 0.1) is 21.8 Å². The van der Waals surface area contributed by atoms with Crippen LogP contribution in [0.4, 0.5) is 5.69 Å². The molecular weight excluding hydrogens is 388 g/mol. The molecule has 1 heterocycles. The molecule has 0 saturated heterocycles. The molecule has 1 aromatic heterocycles. The molecule has 3 rings (SSSR count). The number of nitrogens with zero attached hydrogens (tertiary/aromatic N) is 3. The van der Waals surface area contributed by atoms with E-state index in [2.05, 4.69) is 10.1 Å². The molecule has 8 heteroatoms. The number of H-pyrrole nitrogens is 1. The summed E-state index contributed by atoms with van der Waals surface area (Å²) in [5.41, 5.74) is 4.44. The van der Waals surface area contributed by atoms with Gasteiger partial charge < -0.3 is 0 Å². The van der Waals surface area contributed by atoms with Crippen LogP contribution in [0, 0.1) is 20.8 Å². The normalized spacial score (nSPS) is 12.2. The number of rotatable bonds is 5. The molecule has 0 amide bonds. The van der Waals surface area contributed by atoms with Gasteiger partial charge in [-0.15, -0.1) is 0 Å². The van der Waals surface area contributed by atoms with Gasteiger partial charge in [-0.3, -0.25) is 14.9 Å². The smallest absolute Gasteiger partial charge is 0.280 e. The van der Waals surface area contributed by atoms with Gasteiger partial charge >= 0.3 is 0 Å². The molecule has 3 aromatic rings. The summed E-state index contributed by atoms with van der Waals surface area (Å²) in [6, 6.07) is 12.1. The number of benzene rings is 2. The van der Waals surface area contributed by atoms with Crippen molar-refractivity contribution in [1.82, 2.24) is 14.1 Å². The number of hydrogen-bond acceptors (Lipinski definition) is 4. The second-order valence-corrected chi connectivity index (χ2v) is 9.27. The van der Waals surface area contributed by atoms with E-state index in [0.29, 0.717) is 16.9 Å². The standard InChI is InChI=1S/C21H24N4O3S/c1-14-6-11-20(15(2)12-14)25-21(26)19(16(3)23-25)13-22-17-7-9-18(10-8-17)29(27,28)24(4)5/h6-13,23H,1-5H3. The molecular formula is C21H24N4O3S. The van der Waals surface area contributed by atoms with Gasteiger partial charge in [0, 0.05) is 26.0 Å². The second kappa shape index (κ2) is 7.81. The third-order valence-corrected chi connectivity index (χ3v) is 6.50. The first-order chi connectivity index (χ1) is 13.6. The van der Waals surface area contributed by atoms with Crippen LogP contribution < -0.4 is 5.56 Å². The van der Waals surface area contributed by atoms with Crippen LogP contribution in [0.15, 0.2) is 57.1 Å². The van der Waals surface area contributed by atoms with Gasteiger partial charge in [-0.25, -0.2) is 17.4 Å². The van der Waals surface area contributed by atoms with Crippen LogP contribution in [0.1, 0.15) is 22.4 Å². The minimum absolute atomic E-state index is 0.190. The lowest BCUT2D eigenvalue weighted by Crippen LogP contribution is -2.21. The van der Waals surface area contributed by atoms with Gasteiger partial charge in [-0.2, -0.15) is 0 Å². The highest BCUT2D eigenvalue weighted by Gasteiger charge is 2.16. The molecule has 1 N–H and O–H groups in total. The maximum absolute atomic E-state index is 12.9. The van der Waals surface area contributed by atoms with Gasteiger partial charge in [-0.1, -0.05) is 17.7 Å². The lowest BCUT2D eigenvalue weighted by Gasteiger charge is -2.10. The van der Waals surface area contributed by atoms with Gasteiger partial charge in [-0.05, 0) is 56.7 Å². The molecule has 29 heavy (non-hydrogen) atoms. The summed E-state index contributed by atoms with van der Waals surface area (Å²) < 4.78 is 26.9. The van der Waals surface area contributed by atoms with Crippen LogP contribution in [-0.2, 0) is 10.0 Å². The van der Waals surface area contributed by atoms with Crippen molar-refractivity contribution in [2.24, 2.45) is 4.99 Å². The number of aromatic nitrogens is 2.